The summed E-state index contributed by atoms with van der Waals surface area (Å²) >= 11 is 0. The van der Waals surface area contributed by atoms with Gasteiger partial charge in [-0.3, -0.25) is 4.79 Å². The number of carbonyl (C=O) groups excluding carboxylic acids is 2. The molecule has 7 heteroatoms. The molecular formula is C31H38N2O5. The Morgan fingerprint density at radius 2 is 2.00 bits per heavy atom. The van der Waals surface area contributed by atoms with Crippen molar-refractivity contribution >= 4 is 22.8 Å². The Balaban J connectivity index is 1.49. The number of aromatic amines is 1. The minimum atomic E-state index is -1.32. The molecule has 202 valence electrons. The molecule has 4 aliphatic rings. The van der Waals surface area contributed by atoms with E-state index < -0.39 is 23.9 Å². The van der Waals surface area contributed by atoms with Crippen molar-refractivity contribution in [1.82, 2.24) is 10.3 Å². The van der Waals surface area contributed by atoms with E-state index in [0.717, 1.165) is 17.5 Å². The van der Waals surface area contributed by atoms with Crippen LogP contribution in [-0.2, 0) is 26.1 Å². The molecule has 0 saturated heterocycles. The second kappa shape index (κ2) is 8.22. The minimum absolute atomic E-state index is 0.0476. The molecule has 0 bridgehead atoms. The maximum absolute atomic E-state index is 13.3. The van der Waals surface area contributed by atoms with Gasteiger partial charge in [0.05, 0.1) is 0 Å². The maximum Gasteiger partial charge on any atom is 0.407 e. The lowest BCUT2D eigenvalue weighted by atomic mass is 9.45. The average molecular weight is 519 g/mol. The van der Waals surface area contributed by atoms with Gasteiger partial charge >= 0.3 is 6.09 Å². The predicted octanol–water partition coefficient (Wildman–Crippen LogP) is 5.08. The van der Waals surface area contributed by atoms with Crippen LogP contribution in [0.15, 0.2) is 47.7 Å². The largest absolute Gasteiger partial charge is 0.479 e. The van der Waals surface area contributed by atoms with Crippen LogP contribution in [0.3, 0.4) is 0 Å². The zero-order valence-corrected chi connectivity index (χ0v) is 23.1. The molecule has 0 spiro atoms. The Morgan fingerprint density at radius 3 is 2.71 bits per heavy atom. The Labute approximate surface area is 223 Å². The Hall–Kier alpha value is -3.06. The number of amides is 1. The van der Waals surface area contributed by atoms with Gasteiger partial charge in [-0.25, -0.2) is 4.79 Å². The number of alkyl carbamates (subject to hydrolysis) is 1. The standard InChI is InChI=1S/C31H38N2O5/c1-16(2)32-28(35)38-24-14-17-13-19-18-9-7-8-10-21(18)33-26(19)31(17,6)30(5)12-11-23-20(25(24)30)15-22(34)27(37-23)29(3,4)36/h7-11,15-17,24-25,27,33,36H,12-14H2,1-6H3,(H,32,35)/t17-,24?,25?,27+,30+,31-/m1/s1. The van der Waals surface area contributed by atoms with Gasteiger partial charge in [0.2, 0.25) is 0 Å². The molecule has 3 aliphatic carbocycles. The normalized spacial score (nSPS) is 33.9. The molecule has 7 nitrogen and oxygen atoms in total. The van der Waals surface area contributed by atoms with Gasteiger partial charge in [-0.1, -0.05) is 32.0 Å². The molecule has 0 radical (unpaired) electrons. The fraction of sp³-hybridized carbons (Fsp3) is 0.548. The fourth-order valence-electron chi connectivity index (χ4n) is 7.90. The second-order valence-corrected chi connectivity index (χ2v) is 12.9. The van der Waals surface area contributed by atoms with Gasteiger partial charge in [0.25, 0.3) is 0 Å². The zero-order valence-electron chi connectivity index (χ0n) is 23.1. The van der Waals surface area contributed by atoms with Gasteiger partial charge in [0, 0.05) is 39.5 Å². The highest BCUT2D eigenvalue weighted by Gasteiger charge is 2.66. The summed E-state index contributed by atoms with van der Waals surface area (Å²) in [6.45, 7) is 11.6. The van der Waals surface area contributed by atoms with Crippen LogP contribution in [0.25, 0.3) is 10.9 Å². The minimum Gasteiger partial charge on any atom is -0.479 e. The van der Waals surface area contributed by atoms with E-state index in [0.29, 0.717) is 18.6 Å². The Kier molecular flexibility index (Phi) is 5.46. The average Bonchev–Trinajstić information content (AvgIpc) is 3.32. The summed E-state index contributed by atoms with van der Waals surface area (Å²) in [4.78, 5) is 29.9. The van der Waals surface area contributed by atoms with Crippen molar-refractivity contribution in [2.45, 2.75) is 90.1 Å². The maximum atomic E-state index is 13.3. The predicted molar refractivity (Wildman–Crippen MR) is 145 cm³/mol. The third-order valence-corrected chi connectivity index (χ3v) is 9.80. The number of rotatable bonds is 3. The van der Waals surface area contributed by atoms with Gasteiger partial charge < -0.3 is 24.9 Å². The highest BCUT2D eigenvalue weighted by atomic mass is 16.6. The van der Waals surface area contributed by atoms with Crippen molar-refractivity contribution in [1.29, 1.82) is 0 Å². The smallest absolute Gasteiger partial charge is 0.407 e. The third-order valence-electron chi connectivity index (χ3n) is 9.80. The number of hydrogen-bond acceptors (Lipinski definition) is 5. The van der Waals surface area contributed by atoms with Crippen molar-refractivity contribution in [3.05, 3.63) is 59.0 Å². The molecule has 6 atom stereocenters. The van der Waals surface area contributed by atoms with Gasteiger partial charge in [-0.05, 0) is 82.1 Å². The van der Waals surface area contributed by atoms with E-state index in [4.69, 9.17) is 9.47 Å². The first-order chi connectivity index (χ1) is 17.8. The summed E-state index contributed by atoms with van der Waals surface area (Å²) in [7, 11) is 0. The zero-order chi connectivity index (χ0) is 27.2. The number of aromatic nitrogens is 1. The van der Waals surface area contributed by atoms with Gasteiger partial charge in [-0.2, -0.15) is 0 Å². The van der Waals surface area contributed by atoms with Crippen LogP contribution >= 0.6 is 0 Å². The van der Waals surface area contributed by atoms with Gasteiger partial charge in [0.15, 0.2) is 11.9 Å². The van der Waals surface area contributed by atoms with E-state index in [-0.39, 0.29) is 34.5 Å². The lowest BCUT2D eigenvalue weighted by Gasteiger charge is -2.60. The molecule has 1 aromatic heterocycles. The van der Waals surface area contributed by atoms with Gasteiger partial charge in [0.1, 0.15) is 17.5 Å². The van der Waals surface area contributed by atoms with Crippen molar-refractivity contribution in [2.75, 3.05) is 0 Å². The molecular weight excluding hydrogens is 480 g/mol. The van der Waals surface area contributed by atoms with Crippen LogP contribution in [0.2, 0.25) is 0 Å². The molecule has 1 saturated carbocycles. The number of H-pyrrole nitrogens is 1. The van der Waals surface area contributed by atoms with Crippen LogP contribution < -0.4 is 5.32 Å². The van der Waals surface area contributed by atoms with Crippen LogP contribution in [-0.4, -0.2) is 45.8 Å². The summed E-state index contributed by atoms with van der Waals surface area (Å²) in [5, 5.41) is 14.7. The first-order valence-electron chi connectivity index (χ1n) is 13.8. The van der Waals surface area contributed by atoms with E-state index in [1.165, 1.54) is 16.6 Å². The summed E-state index contributed by atoms with van der Waals surface area (Å²) in [5.74, 6) is 0.385. The number of ether oxygens (including phenoxy) is 2. The van der Waals surface area contributed by atoms with E-state index in [9.17, 15) is 14.7 Å². The van der Waals surface area contributed by atoms with E-state index in [1.807, 2.05) is 13.8 Å². The third kappa shape index (κ3) is 3.43. The summed E-state index contributed by atoms with van der Waals surface area (Å²) in [5.41, 5.74) is 2.61. The number of nitrogens with one attached hydrogen (secondary N) is 2. The number of ketones is 1. The number of carbonyl (C=O) groups is 2. The quantitative estimate of drug-likeness (QED) is 0.526. The molecule has 2 unspecified atom stereocenters. The number of benzene rings is 1. The first kappa shape index (κ1) is 25.2. The molecule has 6 rings (SSSR count). The number of fused-ring (bicyclic) bond motifs is 9. The second-order valence-electron chi connectivity index (χ2n) is 12.9. The molecule has 1 fully saturated rings. The monoisotopic (exact) mass is 518 g/mol. The number of aliphatic hydroxyl groups is 1. The SMILES string of the molecule is CC(C)NC(=O)OC1C[C@H]2Cc3c([nH]c4ccccc34)[C@]2(C)[C@@]2(C)CC=C3O[C@H](C(C)(C)O)C(=O)C=C3C12. The van der Waals surface area contributed by atoms with Crippen molar-refractivity contribution < 1.29 is 24.2 Å². The molecule has 1 aliphatic heterocycles. The first-order valence-corrected chi connectivity index (χ1v) is 13.8. The Bertz CT molecular complexity index is 1390. The topological polar surface area (TPSA) is 101 Å². The number of allylic oxidation sites excluding steroid dienone is 2. The van der Waals surface area contributed by atoms with E-state index >= 15 is 0 Å². The van der Waals surface area contributed by atoms with Crippen LogP contribution in [0.5, 0.6) is 0 Å². The molecule has 2 heterocycles. The Morgan fingerprint density at radius 1 is 1.26 bits per heavy atom. The summed E-state index contributed by atoms with van der Waals surface area (Å²) < 4.78 is 12.4. The lowest BCUT2D eigenvalue weighted by Crippen LogP contribution is -2.61. The highest BCUT2D eigenvalue weighted by molar-refractivity contribution is 5.97. The highest BCUT2D eigenvalue weighted by Crippen LogP contribution is 2.67. The molecule has 1 amide bonds. The molecule has 3 N–H and O–H groups in total. The van der Waals surface area contributed by atoms with Crippen molar-refractivity contribution in [3.8, 4) is 0 Å². The van der Waals surface area contributed by atoms with E-state index in [2.05, 4.69) is 54.5 Å². The molecule has 1 aromatic carbocycles. The van der Waals surface area contributed by atoms with Gasteiger partial charge in [-0.15, -0.1) is 0 Å². The van der Waals surface area contributed by atoms with Crippen molar-refractivity contribution in [2.24, 2.45) is 17.3 Å². The molecule has 38 heavy (non-hydrogen) atoms. The fourth-order valence-corrected chi connectivity index (χ4v) is 7.90. The van der Waals surface area contributed by atoms with Crippen molar-refractivity contribution in [3.63, 3.8) is 0 Å². The summed E-state index contributed by atoms with van der Waals surface area (Å²) in [6, 6.07) is 8.40. The lowest BCUT2D eigenvalue weighted by molar-refractivity contribution is -0.141. The number of hydrogen-bond donors (Lipinski definition) is 3. The molecule has 2 aromatic rings. The van der Waals surface area contributed by atoms with E-state index in [1.54, 1.807) is 19.9 Å². The van der Waals surface area contributed by atoms with Crippen LogP contribution in [0.1, 0.15) is 65.6 Å². The number of para-hydroxylation sites is 1. The van der Waals surface area contributed by atoms with Crippen LogP contribution in [0, 0.1) is 17.3 Å². The summed E-state index contributed by atoms with van der Waals surface area (Å²) in [6.07, 6.45) is 4.19. The van der Waals surface area contributed by atoms with Crippen LogP contribution in [0.4, 0.5) is 4.79 Å².